The van der Waals surface area contributed by atoms with Crippen molar-refractivity contribution in [2.24, 2.45) is 11.7 Å². The zero-order valence-electron chi connectivity index (χ0n) is 16.3. The lowest BCUT2D eigenvalue weighted by atomic mass is 10.0. The number of carbonyl (C=O) groups excluding carboxylic acids is 3. The molecule has 5 atom stereocenters. The molecule has 0 saturated carbocycles. The summed E-state index contributed by atoms with van der Waals surface area (Å²) in [6.07, 6.45) is -0.446. The Kier molecular flexibility index (Phi) is 8.79. The second-order valence-electron chi connectivity index (χ2n) is 7.27. The summed E-state index contributed by atoms with van der Waals surface area (Å²) in [6.45, 7) is 4.37. The Balaban J connectivity index is 2.93. The summed E-state index contributed by atoms with van der Waals surface area (Å²) in [5.41, 5.74) is 5.48. The van der Waals surface area contributed by atoms with E-state index in [-0.39, 0.29) is 12.5 Å². The highest BCUT2D eigenvalue weighted by atomic mass is 16.4. The van der Waals surface area contributed by atoms with E-state index in [1.54, 1.807) is 13.8 Å². The van der Waals surface area contributed by atoms with Crippen LogP contribution in [0.2, 0.25) is 0 Å². The standard InChI is InChI=1S/C17H30N4O7/c1-8(2)12(19-14(24)10(18)7-22)16(26)21-6-4-5-11(21)15(25)20-13(9(3)23)17(27)28/h8-13,22-23H,4-7,18H2,1-3H3,(H,19,24)(H,20,25)(H,27,28). The number of nitrogens with one attached hydrogen (secondary N) is 2. The highest BCUT2D eigenvalue weighted by molar-refractivity contribution is 5.94. The first-order valence-electron chi connectivity index (χ1n) is 9.19. The minimum absolute atomic E-state index is 0.272. The Bertz CT molecular complexity index is 596. The van der Waals surface area contributed by atoms with Gasteiger partial charge in [0, 0.05) is 6.54 Å². The van der Waals surface area contributed by atoms with Gasteiger partial charge in [-0.15, -0.1) is 0 Å². The molecular formula is C17H30N4O7. The molecule has 1 fully saturated rings. The van der Waals surface area contributed by atoms with E-state index in [1.165, 1.54) is 11.8 Å². The van der Waals surface area contributed by atoms with E-state index >= 15 is 0 Å². The number of carboxylic acids is 1. The molecular weight excluding hydrogens is 372 g/mol. The number of carboxylic acid groups (broad SMARTS) is 1. The van der Waals surface area contributed by atoms with Crippen molar-refractivity contribution >= 4 is 23.7 Å². The van der Waals surface area contributed by atoms with E-state index in [4.69, 9.17) is 15.9 Å². The van der Waals surface area contributed by atoms with Gasteiger partial charge in [-0.2, -0.15) is 0 Å². The largest absolute Gasteiger partial charge is 0.480 e. The number of amides is 3. The van der Waals surface area contributed by atoms with Crippen LogP contribution in [0.5, 0.6) is 0 Å². The van der Waals surface area contributed by atoms with Crippen LogP contribution in [-0.4, -0.2) is 87.3 Å². The van der Waals surface area contributed by atoms with Gasteiger partial charge in [0.15, 0.2) is 6.04 Å². The second kappa shape index (κ2) is 10.3. The molecule has 1 saturated heterocycles. The van der Waals surface area contributed by atoms with E-state index in [0.717, 1.165) is 0 Å². The molecule has 0 radical (unpaired) electrons. The lowest BCUT2D eigenvalue weighted by molar-refractivity contribution is -0.147. The molecule has 0 aromatic heterocycles. The average molecular weight is 402 g/mol. The third-order valence-electron chi connectivity index (χ3n) is 4.65. The van der Waals surface area contributed by atoms with Crippen molar-refractivity contribution in [1.82, 2.24) is 15.5 Å². The number of carbonyl (C=O) groups is 4. The Hall–Kier alpha value is -2.24. The summed E-state index contributed by atoms with van der Waals surface area (Å²) in [4.78, 5) is 50.0. The topological polar surface area (TPSA) is 182 Å². The highest BCUT2D eigenvalue weighted by Gasteiger charge is 2.40. The van der Waals surface area contributed by atoms with Crippen molar-refractivity contribution in [3.05, 3.63) is 0 Å². The van der Waals surface area contributed by atoms with E-state index < -0.39 is 60.6 Å². The lowest BCUT2D eigenvalue weighted by Crippen LogP contribution is -2.59. The molecule has 160 valence electrons. The third-order valence-corrected chi connectivity index (χ3v) is 4.65. The molecule has 3 amide bonds. The maximum Gasteiger partial charge on any atom is 0.328 e. The van der Waals surface area contributed by atoms with Crippen molar-refractivity contribution in [1.29, 1.82) is 0 Å². The number of hydrogen-bond acceptors (Lipinski definition) is 7. The number of nitrogens with two attached hydrogens (primary N) is 1. The van der Waals surface area contributed by atoms with E-state index in [1.807, 2.05) is 0 Å². The van der Waals surface area contributed by atoms with Gasteiger partial charge in [-0.1, -0.05) is 13.8 Å². The van der Waals surface area contributed by atoms with Crippen LogP contribution in [0.1, 0.15) is 33.6 Å². The quantitative estimate of drug-likeness (QED) is 0.242. The Morgan fingerprint density at radius 3 is 2.21 bits per heavy atom. The molecule has 1 aliphatic heterocycles. The van der Waals surface area contributed by atoms with Gasteiger partial charge in [-0.05, 0) is 25.7 Å². The first-order chi connectivity index (χ1) is 13.0. The molecule has 0 spiro atoms. The van der Waals surface area contributed by atoms with Gasteiger partial charge in [0.2, 0.25) is 17.7 Å². The van der Waals surface area contributed by atoms with Crippen LogP contribution in [0.25, 0.3) is 0 Å². The molecule has 1 rings (SSSR count). The number of aliphatic hydroxyl groups is 2. The molecule has 0 aliphatic carbocycles. The molecule has 0 aromatic rings. The van der Waals surface area contributed by atoms with Gasteiger partial charge in [-0.25, -0.2) is 4.79 Å². The molecule has 0 aromatic carbocycles. The van der Waals surface area contributed by atoms with Gasteiger partial charge in [0.25, 0.3) is 0 Å². The molecule has 11 heteroatoms. The van der Waals surface area contributed by atoms with Crippen LogP contribution in [-0.2, 0) is 19.2 Å². The maximum absolute atomic E-state index is 13.0. The van der Waals surface area contributed by atoms with Gasteiger partial charge >= 0.3 is 5.97 Å². The Morgan fingerprint density at radius 1 is 1.14 bits per heavy atom. The third kappa shape index (κ3) is 5.88. The fraction of sp³-hybridized carbons (Fsp3) is 0.765. The van der Waals surface area contributed by atoms with Crippen molar-refractivity contribution in [3.8, 4) is 0 Å². The highest BCUT2D eigenvalue weighted by Crippen LogP contribution is 2.21. The predicted octanol–water partition coefficient (Wildman–Crippen LogP) is -2.61. The fourth-order valence-electron chi connectivity index (χ4n) is 2.98. The van der Waals surface area contributed by atoms with Crippen molar-refractivity contribution in [2.45, 2.75) is 63.9 Å². The zero-order chi connectivity index (χ0) is 21.6. The minimum Gasteiger partial charge on any atom is -0.480 e. The van der Waals surface area contributed by atoms with Crippen LogP contribution in [0.3, 0.4) is 0 Å². The number of aliphatic hydroxyl groups excluding tert-OH is 2. The Morgan fingerprint density at radius 2 is 1.75 bits per heavy atom. The SMILES string of the molecule is CC(C)C(NC(=O)C(N)CO)C(=O)N1CCCC1C(=O)NC(C(=O)O)C(C)O. The number of nitrogens with zero attached hydrogens (tertiary/aromatic N) is 1. The minimum atomic E-state index is -1.49. The molecule has 11 nitrogen and oxygen atoms in total. The first kappa shape index (κ1) is 23.8. The number of likely N-dealkylation sites (tertiary alicyclic amines) is 1. The summed E-state index contributed by atoms with van der Waals surface area (Å²) in [5, 5.41) is 32.4. The molecule has 1 aliphatic rings. The number of rotatable bonds is 9. The number of hydrogen-bond donors (Lipinski definition) is 6. The van der Waals surface area contributed by atoms with E-state index in [2.05, 4.69) is 10.6 Å². The van der Waals surface area contributed by atoms with Gasteiger partial charge < -0.3 is 36.6 Å². The summed E-state index contributed by atoms with van der Waals surface area (Å²) < 4.78 is 0. The van der Waals surface area contributed by atoms with E-state index in [0.29, 0.717) is 12.8 Å². The predicted molar refractivity (Wildman–Crippen MR) is 97.8 cm³/mol. The van der Waals surface area contributed by atoms with Crippen LogP contribution >= 0.6 is 0 Å². The van der Waals surface area contributed by atoms with Crippen LogP contribution < -0.4 is 16.4 Å². The van der Waals surface area contributed by atoms with Crippen LogP contribution in [0, 0.1) is 5.92 Å². The monoisotopic (exact) mass is 402 g/mol. The van der Waals surface area contributed by atoms with Gasteiger partial charge in [0.1, 0.15) is 18.1 Å². The summed E-state index contributed by atoms with van der Waals surface area (Å²) in [7, 11) is 0. The zero-order valence-corrected chi connectivity index (χ0v) is 16.3. The van der Waals surface area contributed by atoms with Crippen LogP contribution in [0.15, 0.2) is 0 Å². The van der Waals surface area contributed by atoms with Crippen molar-refractivity contribution < 1.29 is 34.5 Å². The van der Waals surface area contributed by atoms with Crippen molar-refractivity contribution in [3.63, 3.8) is 0 Å². The van der Waals surface area contributed by atoms with E-state index in [9.17, 15) is 24.3 Å². The molecule has 28 heavy (non-hydrogen) atoms. The average Bonchev–Trinajstić information content (AvgIpc) is 3.11. The maximum atomic E-state index is 13.0. The molecule has 1 heterocycles. The molecule has 0 bridgehead atoms. The van der Waals surface area contributed by atoms with Crippen LogP contribution in [0.4, 0.5) is 0 Å². The number of aliphatic carboxylic acids is 1. The normalized spacial score (nSPS) is 21.0. The lowest BCUT2D eigenvalue weighted by Gasteiger charge is -2.31. The Labute approximate surface area is 163 Å². The summed E-state index contributed by atoms with van der Waals surface area (Å²) in [5.74, 6) is -3.55. The smallest absolute Gasteiger partial charge is 0.328 e. The molecule has 7 N–H and O–H groups in total. The first-order valence-corrected chi connectivity index (χ1v) is 9.19. The van der Waals surface area contributed by atoms with Crippen molar-refractivity contribution in [2.75, 3.05) is 13.2 Å². The van der Waals surface area contributed by atoms with Gasteiger partial charge in [0.05, 0.1) is 12.7 Å². The molecule has 5 unspecified atom stereocenters. The summed E-state index contributed by atoms with van der Waals surface area (Å²) >= 11 is 0. The second-order valence-corrected chi connectivity index (χ2v) is 7.27. The summed E-state index contributed by atoms with van der Waals surface area (Å²) in [6, 6.07) is -4.52. The fourth-order valence-corrected chi connectivity index (χ4v) is 2.98. The van der Waals surface area contributed by atoms with Gasteiger partial charge in [-0.3, -0.25) is 14.4 Å².